The summed E-state index contributed by atoms with van der Waals surface area (Å²) in [6.07, 6.45) is 3.15. The van der Waals surface area contributed by atoms with Crippen LogP contribution in [0, 0.1) is 18.8 Å². The van der Waals surface area contributed by atoms with Crippen molar-refractivity contribution in [1.29, 1.82) is 0 Å². The Morgan fingerprint density at radius 3 is 2.61 bits per heavy atom. The maximum Gasteiger partial charge on any atom is 0.338 e. The first-order valence-electron chi connectivity index (χ1n) is 10.8. The van der Waals surface area contributed by atoms with E-state index in [2.05, 4.69) is 19.2 Å². The number of morpholine rings is 1. The standard InChI is InChI=1S/C22H32N2O6S/c1-15-5-4-6-19(17(15)3)23-21(25)14-30-22(26)18-8-7-16(2)20(13-18)31(27,28)24-9-11-29-12-10-24/h7-8,13,15,17,19H,4-6,9-12,14H2,1-3H3,(H,23,25)/t15-,17+,19+/m0/s1. The summed E-state index contributed by atoms with van der Waals surface area (Å²) in [5, 5.41) is 2.96. The number of rotatable bonds is 6. The van der Waals surface area contributed by atoms with Crippen LogP contribution in [0.2, 0.25) is 0 Å². The first-order chi connectivity index (χ1) is 14.7. The Kier molecular flexibility index (Phi) is 7.72. The van der Waals surface area contributed by atoms with Crippen molar-refractivity contribution in [3.05, 3.63) is 29.3 Å². The molecule has 1 aromatic rings. The van der Waals surface area contributed by atoms with Crippen LogP contribution in [-0.2, 0) is 24.3 Å². The van der Waals surface area contributed by atoms with Crippen molar-refractivity contribution in [2.75, 3.05) is 32.9 Å². The SMILES string of the molecule is Cc1ccc(C(=O)OCC(=O)N[C@@H]2CCC[C@H](C)[C@H]2C)cc1S(=O)(=O)N1CCOCC1. The molecule has 1 aliphatic carbocycles. The molecular formula is C22H32N2O6S. The molecule has 0 bridgehead atoms. The molecule has 172 valence electrons. The molecule has 2 fully saturated rings. The van der Waals surface area contributed by atoms with Crippen molar-refractivity contribution in [2.24, 2.45) is 11.8 Å². The molecule has 0 spiro atoms. The summed E-state index contributed by atoms with van der Waals surface area (Å²) in [6, 6.07) is 4.50. The Morgan fingerprint density at radius 2 is 1.90 bits per heavy atom. The molecule has 3 rings (SSSR count). The third-order valence-corrected chi connectivity index (χ3v) is 8.44. The summed E-state index contributed by atoms with van der Waals surface area (Å²) < 4.78 is 37.7. The van der Waals surface area contributed by atoms with Gasteiger partial charge in [0, 0.05) is 19.1 Å². The molecule has 1 aliphatic heterocycles. The lowest BCUT2D eigenvalue weighted by Gasteiger charge is -2.34. The molecule has 0 radical (unpaired) electrons. The zero-order chi connectivity index (χ0) is 22.6. The van der Waals surface area contributed by atoms with Gasteiger partial charge in [0.15, 0.2) is 6.61 Å². The molecule has 0 aromatic heterocycles. The van der Waals surface area contributed by atoms with Gasteiger partial charge >= 0.3 is 5.97 Å². The van der Waals surface area contributed by atoms with E-state index >= 15 is 0 Å². The number of nitrogens with one attached hydrogen (secondary N) is 1. The maximum atomic E-state index is 13.0. The maximum absolute atomic E-state index is 13.0. The number of sulfonamides is 1. The van der Waals surface area contributed by atoms with Gasteiger partial charge in [-0.05, 0) is 42.9 Å². The third kappa shape index (κ3) is 5.64. The van der Waals surface area contributed by atoms with Crippen molar-refractivity contribution in [2.45, 2.75) is 51.0 Å². The van der Waals surface area contributed by atoms with E-state index < -0.39 is 22.6 Å². The number of nitrogens with zero attached hydrogens (tertiary/aromatic N) is 1. The molecule has 0 unspecified atom stereocenters. The van der Waals surface area contributed by atoms with Crippen LogP contribution >= 0.6 is 0 Å². The van der Waals surface area contributed by atoms with E-state index in [1.165, 1.54) is 16.4 Å². The zero-order valence-corrected chi connectivity index (χ0v) is 19.2. The summed E-state index contributed by atoms with van der Waals surface area (Å²) in [5.74, 6) is -0.148. The predicted octanol–water partition coefficient (Wildman–Crippen LogP) is 2.11. The highest BCUT2D eigenvalue weighted by molar-refractivity contribution is 7.89. The molecular weight excluding hydrogens is 420 g/mol. The van der Waals surface area contributed by atoms with E-state index in [1.807, 2.05) is 0 Å². The smallest absolute Gasteiger partial charge is 0.338 e. The van der Waals surface area contributed by atoms with Crippen LogP contribution in [0.4, 0.5) is 0 Å². The highest BCUT2D eigenvalue weighted by Gasteiger charge is 2.30. The van der Waals surface area contributed by atoms with Crippen LogP contribution in [0.3, 0.4) is 0 Å². The van der Waals surface area contributed by atoms with Gasteiger partial charge in [-0.25, -0.2) is 13.2 Å². The topological polar surface area (TPSA) is 102 Å². The van der Waals surface area contributed by atoms with Crippen LogP contribution in [0.25, 0.3) is 0 Å². The monoisotopic (exact) mass is 452 g/mol. The fourth-order valence-corrected chi connectivity index (χ4v) is 5.84. The minimum absolute atomic E-state index is 0.0679. The summed E-state index contributed by atoms with van der Waals surface area (Å²) in [7, 11) is -3.74. The lowest BCUT2D eigenvalue weighted by atomic mass is 9.78. The van der Waals surface area contributed by atoms with Gasteiger partial charge in [-0.2, -0.15) is 4.31 Å². The van der Waals surface area contributed by atoms with Gasteiger partial charge in [-0.1, -0.05) is 32.8 Å². The van der Waals surface area contributed by atoms with Gasteiger partial charge in [-0.3, -0.25) is 4.79 Å². The number of hydrogen-bond acceptors (Lipinski definition) is 6. The number of carbonyl (C=O) groups is 2. The fraction of sp³-hybridized carbons (Fsp3) is 0.636. The van der Waals surface area contributed by atoms with E-state index in [1.54, 1.807) is 13.0 Å². The summed E-state index contributed by atoms with van der Waals surface area (Å²) in [6.45, 7) is 6.83. The predicted molar refractivity (Wildman–Crippen MR) is 115 cm³/mol. The molecule has 3 atom stereocenters. The number of amides is 1. The van der Waals surface area contributed by atoms with Crippen LogP contribution in [0.5, 0.6) is 0 Å². The number of benzene rings is 1. The first kappa shape index (κ1) is 23.7. The highest BCUT2D eigenvalue weighted by atomic mass is 32.2. The minimum atomic E-state index is -3.74. The van der Waals surface area contributed by atoms with Gasteiger partial charge < -0.3 is 14.8 Å². The number of ether oxygens (including phenoxy) is 2. The number of esters is 1. The molecule has 9 heteroatoms. The molecule has 1 N–H and O–H groups in total. The lowest BCUT2D eigenvalue weighted by Crippen LogP contribution is -2.45. The second-order valence-corrected chi connectivity index (χ2v) is 10.4. The van der Waals surface area contributed by atoms with Crippen molar-refractivity contribution < 1.29 is 27.5 Å². The second kappa shape index (κ2) is 10.1. The molecule has 8 nitrogen and oxygen atoms in total. The van der Waals surface area contributed by atoms with Crippen LogP contribution in [0.1, 0.15) is 49.0 Å². The number of carbonyl (C=O) groups excluding carboxylic acids is 2. The quantitative estimate of drug-likeness (QED) is 0.664. The summed E-state index contributed by atoms with van der Waals surface area (Å²) >= 11 is 0. The molecule has 1 heterocycles. The molecule has 2 aliphatic rings. The molecule has 31 heavy (non-hydrogen) atoms. The fourth-order valence-electron chi connectivity index (χ4n) is 4.18. The number of hydrogen-bond donors (Lipinski definition) is 1. The first-order valence-corrected chi connectivity index (χ1v) is 12.3. The largest absolute Gasteiger partial charge is 0.452 e. The molecule has 1 saturated heterocycles. The van der Waals surface area contributed by atoms with Gasteiger partial charge in [0.25, 0.3) is 5.91 Å². The molecule has 1 aromatic carbocycles. The van der Waals surface area contributed by atoms with E-state index in [4.69, 9.17) is 9.47 Å². The Hall–Kier alpha value is -1.97. The van der Waals surface area contributed by atoms with Crippen molar-refractivity contribution in [3.8, 4) is 0 Å². The van der Waals surface area contributed by atoms with Crippen molar-refractivity contribution >= 4 is 21.9 Å². The van der Waals surface area contributed by atoms with Gasteiger partial charge in [0.2, 0.25) is 10.0 Å². The van der Waals surface area contributed by atoms with Gasteiger partial charge in [0.05, 0.1) is 23.7 Å². The average Bonchev–Trinajstić information content (AvgIpc) is 2.76. The van der Waals surface area contributed by atoms with Crippen LogP contribution in [-0.4, -0.2) is 63.6 Å². The van der Waals surface area contributed by atoms with Gasteiger partial charge in [0.1, 0.15) is 0 Å². The van der Waals surface area contributed by atoms with E-state index in [0.29, 0.717) is 30.6 Å². The lowest BCUT2D eigenvalue weighted by molar-refractivity contribution is -0.125. The Balaban J connectivity index is 1.63. The van der Waals surface area contributed by atoms with E-state index in [9.17, 15) is 18.0 Å². The van der Waals surface area contributed by atoms with Crippen molar-refractivity contribution in [1.82, 2.24) is 9.62 Å². The number of aryl methyl sites for hydroxylation is 1. The van der Waals surface area contributed by atoms with Crippen molar-refractivity contribution in [3.63, 3.8) is 0 Å². The third-order valence-electron chi connectivity index (χ3n) is 6.40. The van der Waals surface area contributed by atoms with Crippen LogP contribution < -0.4 is 5.32 Å². The Morgan fingerprint density at radius 1 is 1.19 bits per heavy atom. The molecule has 1 saturated carbocycles. The second-order valence-electron chi connectivity index (χ2n) is 8.51. The van der Waals surface area contributed by atoms with E-state index in [0.717, 1.165) is 19.3 Å². The van der Waals surface area contributed by atoms with Crippen LogP contribution in [0.15, 0.2) is 23.1 Å². The van der Waals surface area contributed by atoms with E-state index in [-0.39, 0.29) is 35.5 Å². The normalized spacial score (nSPS) is 25.1. The zero-order valence-electron chi connectivity index (χ0n) is 18.4. The minimum Gasteiger partial charge on any atom is -0.452 e. The average molecular weight is 453 g/mol. The summed E-state index contributed by atoms with van der Waals surface area (Å²) in [5.41, 5.74) is 0.645. The summed E-state index contributed by atoms with van der Waals surface area (Å²) in [4.78, 5) is 24.8. The highest BCUT2D eigenvalue weighted by Crippen LogP contribution is 2.29. The van der Waals surface area contributed by atoms with Gasteiger partial charge in [-0.15, -0.1) is 0 Å². The molecule has 1 amide bonds. The Bertz CT molecular complexity index is 911. The Labute approximate surface area is 184 Å².